The summed E-state index contributed by atoms with van der Waals surface area (Å²) in [6.07, 6.45) is 5.70. The summed E-state index contributed by atoms with van der Waals surface area (Å²) in [7, 11) is 3.25. The molecule has 0 saturated heterocycles. The van der Waals surface area contributed by atoms with E-state index in [1.807, 2.05) is 31.2 Å². The van der Waals surface area contributed by atoms with Gasteiger partial charge in [0.25, 0.3) is 5.56 Å². The lowest BCUT2D eigenvalue weighted by Crippen LogP contribution is -2.44. The van der Waals surface area contributed by atoms with Crippen molar-refractivity contribution in [1.82, 2.24) is 9.88 Å². The van der Waals surface area contributed by atoms with Gasteiger partial charge in [-0.25, -0.2) is 0 Å². The summed E-state index contributed by atoms with van der Waals surface area (Å²) in [5, 5.41) is 5.01. The second-order valence-electron chi connectivity index (χ2n) is 9.09. The number of thiocarbonyl (C=S) groups is 1. The van der Waals surface area contributed by atoms with E-state index in [4.69, 9.17) is 21.7 Å². The highest BCUT2D eigenvalue weighted by molar-refractivity contribution is 7.80. The average Bonchev–Trinajstić information content (AvgIpc) is 2.84. The zero-order valence-electron chi connectivity index (χ0n) is 20.4. The molecule has 1 fully saturated rings. The normalized spacial score (nSPS) is 14.1. The van der Waals surface area contributed by atoms with Crippen LogP contribution in [0, 0.1) is 13.8 Å². The number of hydrogen-bond acceptors (Lipinski definition) is 4. The van der Waals surface area contributed by atoms with Crippen molar-refractivity contribution in [2.24, 2.45) is 0 Å². The summed E-state index contributed by atoms with van der Waals surface area (Å²) in [5.74, 6) is 1.37. The van der Waals surface area contributed by atoms with Crippen LogP contribution in [0.3, 0.4) is 0 Å². The number of aromatic amines is 1. The van der Waals surface area contributed by atoms with Crippen molar-refractivity contribution in [1.29, 1.82) is 0 Å². The molecule has 0 radical (unpaired) electrons. The average molecular weight is 480 g/mol. The van der Waals surface area contributed by atoms with Crippen molar-refractivity contribution in [3.8, 4) is 11.5 Å². The first-order valence-corrected chi connectivity index (χ1v) is 12.2. The molecule has 6 nitrogen and oxygen atoms in total. The molecule has 7 heteroatoms. The van der Waals surface area contributed by atoms with E-state index in [1.165, 1.54) is 24.8 Å². The van der Waals surface area contributed by atoms with Gasteiger partial charge in [0.2, 0.25) is 0 Å². The maximum atomic E-state index is 13.1. The summed E-state index contributed by atoms with van der Waals surface area (Å²) in [5.41, 5.74) is 4.57. The predicted octanol–water partition coefficient (Wildman–Crippen LogP) is 5.69. The van der Waals surface area contributed by atoms with E-state index >= 15 is 0 Å². The fraction of sp³-hybridized carbons (Fsp3) is 0.407. The van der Waals surface area contributed by atoms with Crippen LogP contribution in [-0.2, 0) is 6.54 Å². The molecule has 1 aliphatic rings. The molecule has 1 aromatic heterocycles. The van der Waals surface area contributed by atoms with Crippen LogP contribution in [0.1, 0.15) is 48.8 Å². The van der Waals surface area contributed by atoms with Crippen LogP contribution in [0.2, 0.25) is 0 Å². The highest BCUT2D eigenvalue weighted by Crippen LogP contribution is 2.31. The van der Waals surface area contributed by atoms with Gasteiger partial charge in [0.15, 0.2) is 5.11 Å². The van der Waals surface area contributed by atoms with Crippen LogP contribution in [0.4, 0.5) is 5.69 Å². The second-order valence-corrected chi connectivity index (χ2v) is 9.47. The Morgan fingerprint density at radius 1 is 1.09 bits per heavy atom. The van der Waals surface area contributed by atoms with Gasteiger partial charge < -0.3 is 24.7 Å². The Morgan fingerprint density at radius 3 is 2.56 bits per heavy atom. The summed E-state index contributed by atoms with van der Waals surface area (Å²) in [4.78, 5) is 18.3. The molecule has 0 spiro atoms. The van der Waals surface area contributed by atoms with Crippen LogP contribution in [-0.4, -0.2) is 35.3 Å². The minimum atomic E-state index is -0.0647. The summed E-state index contributed by atoms with van der Waals surface area (Å²) >= 11 is 5.90. The maximum Gasteiger partial charge on any atom is 0.253 e. The van der Waals surface area contributed by atoms with Gasteiger partial charge in [-0.2, -0.15) is 0 Å². The van der Waals surface area contributed by atoms with Crippen LogP contribution in [0.25, 0.3) is 10.9 Å². The van der Waals surface area contributed by atoms with E-state index in [2.05, 4.69) is 34.3 Å². The first kappa shape index (κ1) is 24.1. The van der Waals surface area contributed by atoms with E-state index in [9.17, 15) is 4.79 Å². The van der Waals surface area contributed by atoms with Gasteiger partial charge in [0, 0.05) is 17.7 Å². The van der Waals surface area contributed by atoms with E-state index < -0.39 is 0 Å². The van der Waals surface area contributed by atoms with Gasteiger partial charge in [-0.15, -0.1) is 0 Å². The van der Waals surface area contributed by atoms with E-state index in [1.54, 1.807) is 14.2 Å². The van der Waals surface area contributed by atoms with Crippen molar-refractivity contribution in [2.45, 2.75) is 58.5 Å². The standard InChI is InChI=1S/C27H33N3O3S/c1-17-12-18(2)25-19(13-17)14-20(26(31)29-25)16-30(21-8-6-5-7-9-21)27(34)28-23-11-10-22(32-3)15-24(23)33-4/h10-15,21H,5-9,16H2,1-4H3,(H,28,34)(H,29,31). The first-order chi connectivity index (χ1) is 16.4. The van der Waals surface area contributed by atoms with Gasteiger partial charge in [-0.3, -0.25) is 4.79 Å². The van der Waals surface area contributed by atoms with Crippen molar-refractivity contribution < 1.29 is 9.47 Å². The molecule has 34 heavy (non-hydrogen) atoms. The maximum absolute atomic E-state index is 13.1. The Bertz CT molecular complexity index is 1250. The Kier molecular flexibility index (Phi) is 7.41. The number of methoxy groups -OCH3 is 2. The van der Waals surface area contributed by atoms with Crippen molar-refractivity contribution in [3.63, 3.8) is 0 Å². The molecule has 2 aromatic carbocycles. The Morgan fingerprint density at radius 2 is 1.85 bits per heavy atom. The lowest BCUT2D eigenvalue weighted by Gasteiger charge is -2.36. The number of rotatable bonds is 6. The number of aryl methyl sites for hydroxylation is 2. The van der Waals surface area contributed by atoms with Crippen molar-refractivity contribution in [2.75, 3.05) is 19.5 Å². The molecule has 1 saturated carbocycles. The molecular formula is C27H33N3O3S. The molecule has 0 bridgehead atoms. The molecule has 4 rings (SSSR count). The fourth-order valence-corrected chi connectivity index (χ4v) is 5.20. The molecule has 1 heterocycles. The monoisotopic (exact) mass is 479 g/mol. The van der Waals surface area contributed by atoms with Gasteiger partial charge in [0.1, 0.15) is 11.5 Å². The zero-order valence-corrected chi connectivity index (χ0v) is 21.2. The molecule has 0 amide bonds. The van der Waals surface area contributed by atoms with Crippen molar-refractivity contribution >= 4 is 33.9 Å². The lowest BCUT2D eigenvalue weighted by atomic mass is 9.94. The number of aromatic nitrogens is 1. The Balaban J connectivity index is 1.66. The minimum Gasteiger partial charge on any atom is -0.497 e. The molecule has 3 aromatic rings. The van der Waals surface area contributed by atoms with Gasteiger partial charge >= 0.3 is 0 Å². The van der Waals surface area contributed by atoms with E-state index in [0.717, 1.165) is 35.0 Å². The lowest BCUT2D eigenvalue weighted by molar-refractivity contribution is 0.240. The van der Waals surface area contributed by atoms with Crippen LogP contribution in [0.5, 0.6) is 11.5 Å². The summed E-state index contributed by atoms with van der Waals surface area (Å²) in [6.45, 7) is 4.56. The SMILES string of the molecule is COc1ccc(NC(=S)N(Cc2cc3cc(C)cc(C)c3[nH]c2=O)C2CCCCC2)c(OC)c1. The third kappa shape index (κ3) is 5.20. The highest BCUT2D eigenvalue weighted by atomic mass is 32.1. The first-order valence-electron chi connectivity index (χ1n) is 11.8. The third-order valence-corrected chi connectivity index (χ3v) is 6.97. The van der Waals surface area contributed by atoms with E-state index in [-0.39, 0.29) is 11.6 Å². The van der Waals surface area contributed by atoms with E-state index in [0.29, 0.717) is 28.7 Å². The number of H-pyrrole nitrogens is 1. The number of fused-ring (bicyclic) bond motifs is 1. The number of ether oxygens (including phenoxy) is 2. The topological polar surface area (TPSA) is 66.6 Å². The summed E-state index contributed by atoms with van der Waals surface area (Å²) in [6, 6.07) is 12.1. The smallest absolute Gasteiger partial charge is 0.253 e. The van der Waals surface area contributed by atoms with Crippen LogP contribution in [0.15, 0.2) is 41.2 Å². The van der Waals surface area contributed by atoms with Gasteiger partial charge in [0.05, 0.1) is 32.0 Å². The predicted molar refractivity (Wildman–Crippen MR) is 142 cm³/mol. The molecule has 1 aliphatic carbocycles. The van der Waals surface area contributed by atoms with Gasteiger partial charge in [-0.1, -0.05) is 30.9 Å². The molecule has 0 unspecified atom stereocenters. The quantitative estimate of drug-likeness (QED) is 0.443. The number of benzene rings is 2. The third-order valence-electron chi connectivity index (χ3n) is 6.64. The second kappa shape index (κ2) is 10.5. The number of pyridine rings is 1. The molecule has 2 N–H and O–H groups in total. The molecule has 0 aliphatic heterocycles. The fourth-order valence-electron chi connectivity index (χ4n) is 4.88. The number of hydrogen-bond donors (Lipinski definition) is 2. The number of anilines is 1. The number of nitrogens with one attached hydrogen (secondary N) is 2. The molecular weight excluding hydrogens is 446 g/mol. The Labute approximate surface area is 206 Å². The Hall–Kier alpha value is -3.06. The summed E-state index contributed by atoms with van der Waals surface area (Å²) < 4.78 is 10.9. The van der Waals surface area contributed by atoms with Crippen LogP contribution < -0.4 is 20.3 Å². The molecule has 180 valence electrons. The van der Waals surface area contributed by atoms with Gasteiger partial charge in [-0.05, 0) is 74.1 Å². The zero-order chi connectivity index (χ0) is 24.2. The highest BCUT2D eigenvalue weighted by Gasteiger charge is 2.25. The molecule has 0 atom stereocenters. The van der Waals surface area contributed by atoms with Crippen molar-refractivity contribution in [3.05, 3.63) is 63.4 Å². The largest absolute Gasteiger partial charge is 0.497 e. The minimum absolute atomic E-state index is 0.0647. The van der Waals surface area contributed by atoms with Crippen LogP contribution >= 0.6 is 12.2 Å². The number of nitrogens with zero attached hydrogens (tertiary/aromatic N) is 1.